The van der Waals surface area contributed by atoms with Crippen LogP contribution in [0.4, 0.5) is 10.1 Å². The average molecular weight is 302 g/mol. The summed E-state index contributed by atoms with van der Waals surface area (Å²) in [5, 5.41) is 8.82. The van der Waals surface area contributed by atoms with Crippen LogP contribution in [0.2, 0.25) is 0 Å². The molecule has 1 aromatic heterocycles. The van der Waals surface area contributed by atoms with Gasteiger partial charge in [-0.3, -0.25) is 4.72 Å². The molecule has 0 bridgehead atoms. The Morgan fingerprint density at radius 3 is 2.53 bits per heavy atom. The van der Waals surface area contributed by atoms with Gasteiger partial charge in [-0.15, -0.1) is 11.3 Å². The molecular weight excluding hydrogens is 295 g/mol. The summed E-state index contributed by atoms with van der Waals surface area (Å²) in [7, 11) is -4.06. The summed E-state index contributed by atoms with van der Waals surface area (Å²) in [5.41, 5.74) is 0.716. The second kappa shape index (κ2) is 4.94. The minimum absolute atomic E-state index is 0.131. The van der Waals surface area contributed by atoms with Crippen molar-refractivity contribution >= 4 is 33.0 Å². The lowest BCUT2D eigenvalue weighted by Crippen LogP contribution is -2.15. The molecule has 0 amide bonds. The fraction of sp³-hybridized carbons (Fsp3) is 0. The van der Waals surface area contributed by atoms with E-state index in [2.05, 4.69) is 9.71 Å². The maximum absolute atomic E-state index is 12.7. The lowest BCUT2D eigenvalue weighted by Gasteiger charge is -2.06. The molecule has 0 saturated heterocycles. The highest BCUT2D eigenvalue weighted by Crippen LogP contribution is 2.23. The normalized spacial score (nSPS) is 11.2. The highest BCUT2D eigenvalue weighted by Gasteiger charge is 2.25. The third-order valence-electron chi connectivity index (χ3n) is 2.08. The number of carboxylic acid groups (broad SMARTS) is 1. The van der Waals surface area contributed by atoms with E-state index in [1.165, 1.54) is 12.1 Å². The maximum atomic E-state index is 12.7. The van der Waals surface area contributed by atoms with Crippen molar-refractivity contribution in [2.24, 2.45) is 0 Å². The van der Waals surface area contributed by atoms with E-state index in [0.717, 1.165) is 17.6 Å². The summed E-state index contributed by atoms with van der Waals surface area (Å²) in [6.45, 7) is 0. The molecule has 0 saturated carbocycles. The summed E-state index contributed by atoms with van der Waals surface area (Å²) in [6, 6.07) is 4.63. The summed E-state index contributed by atoms with van der Waals surface area (Å²) in [4.78, 5) is 14.3. The molecule has 0 fully saturated rings. The van der Waals surface area contributed by atoms with Crippen molar-refractivity contribution in [1.29, 1.82) is 0 Å². The molecule has 6 nitrogen and oxygen atoms in total. The molecule has 2 rings (SSSR count). The van der Waals surface area contributed by atoms with E-state index in [9.17, 15) is 17.6 Å². The van der Waals surface area contributed by atoms with Gasteiger partial charge in [0.25, 0.3) is 10.0 Å². The standard InChI is InChI=1S/C10H7FN2O4S2/c11-6-1-3-7(4-2-6)13-19(16,17)10-8(9(14)15)12-5-18-10/h1-5,13H,(H,14,15). The number of rotatable bonds is 4. The number of halogens is 1. The summed E-state index contributed by atoms with van der Waals surface area (Å²) >= 11 is 0.691. The summed E-state index contributed by atoms with van der Waals surface area (Å²) < 4.78 is 38.4. The number of carboxylic acids is 1. The van der Waals surface area contributed by atoms with Gasteiger partial charge in [-0.25, -0.2) is 22.6 Å². The van der Waals surface area contributed by atoms with E-state index >= 15 is 0 Å². The molecule has 0 aliphatic heterocycles. The van der Waals surface area contributed by atoms with Gasteiger partial charge in [-0.2, -0.15) is 0 Å². The molecule has 0 aliphatic rings. The van der Waals surface area contributed by atoms with E-state index < -0.39 is 31.7 Å². The molecule has 2 N–H and O–H groups in total. The van der Waals surface area contributed by atoms with Crippen molar-refractivity contribution in [3.63, 3.8) is 0 Å². The van der Waals surface area contributed by atoms with Gasteiger partial charge < -0.3 is 5.11 Å². The van der Waals surface area contributed by atoms with Crippen molar-refractivity contribution in [1.82, 2.24) is 4.98 Å². The summed E-state index contributed by atoms with van der Waals surface area (Å²) in [5.74, 6) is -1.94. The van der Waals surface area contributed by atoms with Crippen LogP contribution in [0.3, 0.4) is 0 Å². The molecule has 0 radical (unpaired) electrons. The van der Waals surface area contributed by atoms with Crippen LogP contribution in [0.15, 0.2) is 34.0 Å². The van der Waals surface area contributed by atoms with Crippen molar-refractivity contribution < 1.29 is 22.7 Å². The molecule has 0 spiro atoms. The molecule has 2 aromatic rings. The highest BCUT2D eigenvalue weighted by atomic mass is 32.2. The SMILES string of the molecule is O=C(O)c1ncsc1S(=O)(=O)Nc1ccc(F)cc1. The van der Waals surface area contributed by atoms with Gasteiger partial charge in [0.15, 0.2) is 9.90 Å². The van der Waals surface area contributed by atoms with E-state index in [1.807, 2.05) is 0 Å². The van der Waals surface area contributed by atoms with Crippen LogP contribution in [0.25, 0.3) is 0 Å². The van der Waals surface area contributed by atoms with Crippen LogP contribution in [0, 0.1) is 5.82 Å². The number of aromatic carboxylic acids is 1. The second-order valence-corrected chi connectivity index (χ2v) is 6.14. The smallest absolute Gasteiger partial charge is 0.356 e. The number of aromatic nitrogens is 1. The molecule has 100 valence electrons. The first-order valence-electron chi connectivity index (χ1n) is 4.85. The Hall–Kier alpha value is -2.00. The zero-order valence-electron chi connectivity index (χ0n) is 9.20. The number of hydrogen-bond acceptors (Lipinski definition) is 5. The minimum Gasteiger partial charge on any atom is -0.476 e. The fourth-order valence-electron chi connectivity index (χ4n) is 1.29. The van der Waals surface area contributed by atoms with Crippen LogP contribution < -0.4 is 4.72 Å². The van der Waals surface area contributed by atoms with Gasteiger partial charge in [0.05, 0.1) is 5.51 Å². The van der Waals surface area contributed by atoms with Crippen LogP contribution in [0.1, 0.15) is 10.5 Å². The first-order valence-corrected chi connectivity index (χ1v) is 7.21. The van der Waals surface area contributed by atoms with Gasteiger partial charge in [0.2, 0.25) is 0 Å². The molecular formula is C10H7FN2O4S2. The fourth-order valence-corrected chi connectivity index (χ4v) is 3.49. The van der Waals surface area contributed by atoms with E-state index in [4.69, 9.17) is 5.11 Å². The second-order valence-electron chi connectivity index (χ2n) is 3.41. The lowest BCUT2D eigenvalue weighted by atomic mass is 10.3. The monoisotopic (exact) mass is 302 g/mol. The number of carbonyl (C=O) groups is 1. The molecule has 9 heteroatoms. The number of nitrogens with one attached hydrogen (secondary N) is 1. The zero-order chi connectivity index (χ0) is 14.0. The highest BCUT2D eigenvalue weighted by molar-refractivity contribution is 7.94. The lowest BCUT2D eigenvalue weighted by molar-refractivity contribution is 0.0687. The van der Waals surface area contributed by atoms with Crippen LogP contribution in [-0.4, -0.2) is 24.5 Å². The third kappa shape index (κ3) is 2.88. The third-order valence-corrected chi connectivity index (χ3v) is 4.83. The number of thiazole rings is 1. The van der Waals surface area contributed by atoms with Crippen LogP contribution in [-0.2, 0) is 10.0 Å². The van der Waals surface area contributed by atoms with E-state index in [0.29, 0.717) is 11.3 Å². The van der Waals surface area contributed by atoms with E-state index in [1.54, 1.807) is 0 Å². The number of hydrogen-bond donors (Lipinski definition) is 2. The molecule has 1 aromatic carbocycles. The van der Waals surface area contributed by atoms with Gasteiger partial charge in [0.1, 0.15) is 5.82 Å². The number of nitrogens with zero attached hydrogens (tertiary/aromatic N) is 1. The molecule has 0 unspecified atom stereocenters. The molecule has 19 heavy (non-hydrogen) atoms. The summed E-state index contributed by atoms with van der Waals surface area (Å²) in [6.07, 6.45) is 0. The zero-order valence-corrected chi connectivity index (χ0v) is 10.8. The van der Waals surface area contributed by atoms with Gasteiger partial charge in [0, 0.05) is 5.69 Å². The Bertz CT molecular complexity index is 709. The van der Waals surface area contributed by atoms with Gasteiger partial charge >= 0.3 is 5.97 Å². The number of anilines is 1. The Morgan fingerprint density at radius 2 is 1.95 bits per heavy atom. The molecule has 0 atom stereocenters. The quantitative estimate of drug-likeness (QED) is 0.897. The average Bonchev–Trinajstić information content (AvgIpc) is 2.82. The van der Waals surface area contributed by atoms with Crippen molar-refractivity contribution in [3.05, 3.63) is 41.3 Å². The number of sulfonamides is 1. The van der Waals surface area contributed by atoms with Crippen molar-refractivity contribution in [2.75, 3.05) is 4.72 Å². The predicted octanol–water partition coefficient (Wildman–Crippen LogP) is 1.78. The molecule has 1 heterocycles. The van der Waals surface area contributed by atoms with Crippen molar-refractivity contribution in [3.8, 4) is 0 Å². The number of benzene rings is 1. The van der Waals surface area contributed by atoms with Crippen molar-refractivity contribution in [2.45, 2.75) is 4.21 Å². The Labute approximate surface area is 111 Å². The Kier molecular flexibility index (Phi) is 3.49. The largest absolute Gasteiger partial charge is 0.476 e. The van der Waals surface area contributed by atoms with Crippen LogP contribution >= 0.6 is 11.3 Å². The maximum Gasteiger partial charge on any atom is 0.356 e. The van der Waals surface area contributed by atoms with E-state index in [-0.39, 0.29) is 5.69 Å². The first kappa shape index (κ1) is 13.4. The van der Waals surface area contributed by atoms with Gasteiger partial charge in [-0.05, 0) is 24.3 Å². The minimum atomic E-state index is -4.06. The first-order chi connectivity index (χ1) is 8.90. The Balaban J connectivity index is 2.35. The van der Waals surface area contributed by atoms with Crippen LogP contribution in [0.5, 0.6) is 0 Å². The molecule has 0 aliphatic carbocycles. The topological polar surface area (TPSA) is 96.4 Å². The van der Waals surface area contributed by atoms with Gasteiger partial charge in [-0.1, -0.05) is 0 Å². The predicted molar refractivity (Wildman–Crippen MR) is 66.3 cm³/mol. The Morgan fingerprint density at radius 1 is 1.32 bits per heavy atom.